The van der Waals surface area contributed by atoms with Crippen molar-refractivity contribution in [1.29, 1.82) is 5.26 Å². The molecule has 0 atom stereocenters. The molecule has 1 fully saturated rings. The van der Waals surface area contributed by atoms with Gasteiger partial charge in [0.1, 0.15) is 5.82 Å². The van der Waals surface area contributed by atoms with E-state index in [4.69, 9.17) is 5.26 Å². The maximum absolute atomic E-state index is 8.81. The average Bonchev–Trinajstić information content (AvgIpc) is 3.49. The highest BCUT2D eigenvalue weighted by Crippen LogP contribution is 2.39. The number of nitrogens with zero attached hydrogens (tertiary/aromatic N) is 4. The van der Waals surface area contributed by atoms with Crippen LogP contribution in [-0.2, 0) is 6.42 Å². The second kappa shape index (κ2) is 7.24. The Morgan fingerprint density at radius 1 is 1.03 bits per heavy atom. The first-order chi connectivity index (χ1) is 14.3. The number of hydrogen-bond acceptors (Lipinski definition) is 6. The first-order valence-electron chi connectivity index (χ1n) is 9.60. The molecule has 1 saturated carbocycles. The Balaban J connectivity index is 1.45. The smallest absolute Gasteiger partial charge is 0.229 e. The van der Waals surface area contributed by atoms with E-state index in [1.54, 1.807) is 0 Å². The predicted octanol–water partition coefficient (Wildman–Crippen LogP) is 4.78. The molecule has 4 aromatic rings. The molecule has 0 bridgehead atoms. The zero-order valence-corrected chi connectivity index (χ0v) is 15.7. The van der Waals surface area contributed by atoms with E-state index in [0.717, 1.165) is 28.0 Å². The molecule has 0 unspecified atom stereocenters. The van der Waals surface area contributed by atoms with Gasteiger partial charge in [-0.3, -0.25) is 5.10 Å². The van der Waals surface area contributed by atoms with Crippen LogP contribution in [0.25, 0.3) is 10.9 Å². The Morgan fingerprint density at radius 2 is 1.86 bits per heavy atom. The topological polar surface area (TPSA) is 102 Å². The van der Waals surface area contributed by atoms with Gasteiger partial charge in [0.05, 0.1) is 18.0 Å². The maximum Gasteiger partial charge on any atom is 0.229 e. The first kappa shape index (κ1) is 17.2. The molecule has 142 valence electrons. The van der Waals surface area contributed by atoms with E-state index in [1.165, 1.54) is 18.5 Å². The van der Waals surface area contributed by atoms with Gasteiger partial charge in [0.25, 0.3) is 0 Å². The predicted molar refractivity (Wildman–Crippen MR) is 112 cm³/mol. The molecule has 29 heavy (non-hydrogen) atoms. The molecule has 1 aliphatic rings. The van der Waals surface area contributed by atoms with Crippen LogP contribution in [0, 0.1) is 11.3 Å². The van der Waals surface area contributed by atoms with Gasteiger partial charge in [-0.2, -0.15) is 15.3 Å². The minimum absolute atomic E-state index is 0.396. The van der Waals surface area contributed by atoms with Crippen LogP contribution in [0.5, 0.6) is 0 Å². The summed E-state index contributed by atoms with van der Waals surface area (Å²) in [6, 6.07) is 19.8. The fourth-order valence-corrected chi connectivity index (χ4v) is 3.28. The Bertz CT molecular complexity index is 1200. The van der Waals surface area contributed by atoms with E-state index in [-0.39, 0.29) is 0 Å². The van der Waals surface area contributed by atoms with Crippen LogP contribution >= 0.6 is 0 Å². The molecule has 5 rings (SSSR count). The van der Waals surface area contributed by atoms with Gasteiger partial charge in [0, 0.05) is 28.8 Å². The summed E-state index contributed by atoms with van der Waals surface area (Å²) < 4.78 is 0. The lowest BCUT2D eigenvalue weighted by Crippen LogP contribution is -2.02. The summed E-state index contributed by atoms with van der Waals surface area (Å²) in [5.74, 6) is 2.56. The third-order valence-electron chi connectivity index (χ3n) is 4.96. The van der Waals surface area contributed by atoms with E-state index in [0.29, 0.717) is 24.1 Å². The molecule has 0 radical (unpaired) electrons. The van der Waals surface area contributed by atoms with Crippen molar-refractivity contribution in [3.63, 3.8) is 0 Å². The number of nitrogens with one attached hydrogen (secondary N) is 3. The molecule has 0 amide bonds. The molecule has 2 aromatic heterocycles. The van der Waals surface area contributed by atoms with E-state index in [2.05, 4.69) is 42.9 Å². The molecule has 0 spiro atoms. The van der Waals surface area contributed by atoms with Crippen LogP contribution in [0.3, 0.4) is 0 Å². The molecule has 0 aliphatic heterocycles. The number of rotatable bonds is 6. The zero-order valence-electron chi connectivity index (χ0n) is 15.7. The quantitative estimate of drug-likeness (QED) is 0.444. The van der Waals surface area contributed by atoms with Gasteiger partial charge in [-0.25, -0.2) is 4.98 Å². The number of hydrogen-bond donors (Lipinski definition) is 3. The standard InChI is InChI=1S/C22H19N7/c23-12-11-14-5-9-16(10-6-14)24-22-25-18-4-2-1-3-17(18)21(27-22)26-20-13-19(28-29-20)15-7-8-15/h1-6,9-10,13,15H,7-8,11H2,(H3,24,25,26,27,28,29). The van der Waals surface area contributed by atoms with Crippen molar-refractivity contribution in [2.75, 3.05) is 10.6 Å². The Hall–Kier alpha value is -3.92. The number of anilines is 4. The lowest BCUT2D eigenvalue weighted by atomic mass is 10.1. The molecular weight excluding hydrogens is 362 g/mol. The van der Waals surface area contributed by atoms with E-state index >= 15 is 0 Å². The second-order valence-electron chi connectivity index (χ2n) is 7.18. The number of H-pyrrole nitrogens is 1. The minimum Gasteiger partial charge on any atom is -0.324 e. The number of aromatic amines is 1. The fraction of sp³-hybridized carbons (Fsp3) is 0.182. The largest absolute Gasteiger partial charge is 0.324 e. The van der Waals surface area contributed by atoms with Gasteiger partial charge in [0.15, 0.2) is 5.82 Å². The lowest BCUT2D eigenvalue weighted by molar-refractivity contribution is 0.966. The van der Waals surface area contributed by atoms with Crippen molar-refractivity contribution in [1.82, 2.24) is 20.2 Å². The van der Waals surface area contributed by atoms with Crippen LogP contribution in [0.1, 0.15) is 30.0 Å². The monoisotopic (exact) mass is 381 g/mol. The summed E-state index contributed by atoms with van der Waals surface area (Å²) in [6.07, 6.45) is 2.84. The number of nitriles is 1. The second-order valence-corrected chi connectivity index (χ2v) is 7.18. The molecule has 3 N–H and O–H groups in total. The summed E-state index contributed by atoms with van der Waals surface area (Å²) >= 11 is 0. The maximum atomic E-state index is 8.81. The SMILES string of the molecule is N#CCc1ccc(Nc2nc(Nc3cc(C4CC4)[nH]n3)c3ccccc3n2)cc1. The van der Waals surface area contributed by atoms with Crippen molar-refractivity contribution in [2.45, 2.75) is 25.2 Å². The first-order valence-corrected chi connectivity index (χ1v) is 9.60. The van der Waals surface area contributed by atoms with Crippen molar-refractivity contribution in [2.24, 2.45) is 0 Å². The minimum atomic E-state index is 0.396. The van der Waals surface area contributed by atoms with Crippen LogP contribution in [0.15, 0.2) is 54.6 Å². The number of aromatic nitrogens is 4. The Morgan fingerprint density at radius 3 is 2.66 bits per heavy atom. The van der Waals surface area contributed by atoms with E-state index in [1.807, 2.05) is 48.5 Å². The van der Waals surface area contributed by atoms with Crippen LogP contribution in [-0.4, -0.2) is 20.2 Å². The van der Waals surface area contributed by atoms with Gasteiger partial charge in [-0.05, 0) is 42.7 Å². The molecule has 2 heterocycles. The summed E-state index contributed by atoms with van der Waals surface area (Å²) in [5, 5.41) is 23.8. The van der Waals surface area contributed by atoms with Crippen molar-refractivity contribution < 1.29 is 0 Å². The van der Waals surface area contributed by atoms with Crippen molar-refractivity contribution in [3.8, 4) is 6.07 Å². The molecule has 7 heteroatoms. The highest BCUT2D eigenvalue weighted by Gasteiger charge is 2.25. The van der Waals surface area contributed by atoms with E-state index in [9.17, 15) is 0 Å². The van der Waals surface area contributed by atoms with Gasteiger partial charge < -0.3 is 10.6 Å². The fourth-order valence-electron chi connectivity index (χ4n) is 3.28. The molecule has 2 aromatic carbocycles. The molecular formula is C22H19N7. The van der Waals surface area contributed by atoms with Gasteiger partial charge >= 0.3 is 0 Å². The van der Waals surface area contributed by atoms with Gasteiger partial charge in [0.2, 0.25) is 5.95 Å². The van der Waals surface area contributed by atoms with Crippen LogP contribution < -0.4 is 10.6 Å². The van der Waals surface area contributed by atoms with Gasteiger partial charge in [-0.1, -0.05) is 24.3 Å². The van der Waals surface area contributed by atoms with E-state index < -0.39 is 0 Å². The summed E-state index contributed by atoms with van der Waals surface area (Å²) in [4.78, 5) is 9.31. The zero-order chi connectivity index (χ0) is 19.6. The number of fused-ring (bicyclic) bond motifs is 1. The number of para-hydroxylation sites is 1. The van der Waals surface area contributed by atoms with Crippen molar-refractivity contribution >= 4 is 34.2 Å². The normalized spacial score (nSPS) is 13.2. The summed E-state index contributed by atoms with van der Waals surface area (Å²) in [6.45, 7) is 0. The van der Waals surface area contributed by atoms with Crippen LogP contribution in [0.4, 0.5) is 23.3 Å². The molecule has 0 saturated heterocycles. The summed E-state index contributed by atoms with van der Waals surface area (Å²) in [5.41, 5.74) is 3.85. The molecule has 7 nitrogen and oxygen atoms in total. The molecule has 1 aliphatic carbocycles. The third kappa shape index (κ3) is 3.73. The highest BCUT2D eigenvalue weighted by atomic mass is 15.2. The third-order valence-corrected chi connectivity index (χ3v) is 4.96. The highest BCUT2D eigenvalue weighted by molar-refractivity contribution is 5.91. The Labute approximate surface area is 167 Å². The number of benzene rings is 2. The van der Waals surface area contributed by atoms with Crippen LogP contribution in [0.2, 0.25) is 0 Å². The van der Waals surface area contributed by atoms with Gasteiger partial charge in [-0.15, -0.1) is 0 Å². The van der Waals surface area contributed by atoms with Crippen molar-refractivity contribution in [3.05, 3.63) is 65.9 Å². The summed E-state index contributed by atoms with van der Waals surface area (Å²) in [7, 11) is 0. The lowest BCUT2D eigenvalue weighted by Gasteiger charge is -2.11. The average molecular weight is 381 g/mol. The Kier molecular flexibility index (Phi) is 4.30.